The molecule has 0 N–H and O–H groups in total. The van der Waals surface area contributed by atoms with E-state index in [1.165, 1.54) is 6.42 Å². The fourth-order valence-electron chi connectivity index (χ4n) is 0.770. The minimum atomic E-state index is 0.843. The molecule has 0 amide bonds. The van der Waals surface area contributed by atoms with Gasteiger partial charge in [-0.2, -0.15) is 0 Å². The van der Waals surface area contributed by atoms with Gasteiger partial charge in [0, 0.05) is 0 Å². The summed E-state index contributed by atoms with van der Waals surface area (Å²) < 4.78 is 0. The zero-order valence-corrected chi connectivity index (χ0v) is 13.4. The van der Waals surface area contributed by atoms with Gasteiger partial charge < -0.3 is 0 Å². The van der Waals surface area contributed by atoms with Crippen LogP contribution in [-0.2, 0) is 0 Å². The van der Waals surface area contributed by atoms with Crippen molar-refractivity contribution in [1.82, 2.24) is 0 Å². The fourth-order valence-corrected chi connectivity index (χ4v) is 0.770. The second kappa shape index (κ2) is 23.7. The Bertz CT molecular complexity index is 54.4. The molecule has 0 heterocycles. The maximum atomic E-state index is 2.31. The molecule has 0 heteroatoms. The first-order valence-corrected chi connectivity index (χ1v) is 6.97. The lowest BCUT2D eigenvalue weighted by Crippen LogP contribution is -2.10. The standard InChI is InChI=1S/C8H18.C3H8.2C2H6/c1-6(2)8(5)7(3)4;1-3-2;2*1-2/h6-8H,1-5H3;3H2,1-2H3;2*1-2H3. The van der Waals surface area contributed by atoms with E-state index in [-0.39, 0.29) is 0 Å². The molecule has 0 aliphatic carbocycles. The highest BCUT2D eigenvalue weighted by atomic mass is 14.2. The van der Waals surface area contributed by atoms with Crippen molar-refractivity contribution in [3.05, 3.63) is 0 Å². The Hall–Kier alpha value is 0. The van der Waals surface area contributed by atoms with Gasteiger partial charge in [-0.25, -0.2) is 0 Å². The van der Waals surface area contributed by atoms with Crippen LogP contribution in [0.5, 0.6) is 0 Å². The second-order valence-electron chi connectivity index (χ2n) is 4.05. The van der Waals surface area contributed by atoms with Gasteiger partial charge in [0.25, 0.3) is 0 Å². The van der Waals surface area contributed by atoms with Gasteiger partial charge in [-0.3, -0.25) is 0 Å². The molecule has 0 aromatic carbocycles. The second-order valence-corrected chi connectivity index (χ2v) is 4.05. The normalized spacial score (nSPS) is 8.40. The Morgan fingerprint density at radius 2 is 0.733 bits per heavy atom. The lowest BCUT2D eigenvalue weighted by Gasteiger charge is -2.18. The van der Waals surface area contributed by atoms with Crippen molar-refractivity contribution in [3.8, 4) is 0 Å². The molecule has 0 saturated carbocycles. The van der Waals surface area contributed by atoms with Crippen molar-refractivity contribution in [3.63, 3.8) is 0 Å². The van der Waals surface area contributed by atoms with E-state index in [1.54, 1.807) is 0 Å². The Morgan fingerprint density at radius 1 is 0.600 bits per heavy atom. The molecule has 0 atom stereocenters. The van der Waals surface area contributed by atoms with Crippen molar-refractivity contribution in [2.75, 3.05) is 0 Å². The van der Waals surface area contributed by atoms with Crippen LogP contribution in [0.25, 0.3) is 0 Å². The summed E-state index contributed by atoms with van der Waals surface area (Å²) in [4.78, 5) is 0. The van der Waals surface area contributed by atoms with E-state index in [4.69, 9.17) is 0 Å². The highest BCUT2D eigenvalue weighted by Gasteiger charge is 2.09. The van der Waals surface area contributed by atoms with Crippen molar-refractivity contribution < 1.29 is 0 Å². The van der Waals surface area contributed by atoms with Gasteiger partial charge in [0.15, 0.2) is 0 Å². The van der Waals surface area contributed by atoms with E-state index < -0.39 is 0 Å². The summed E-state index contributed by atoms with van der Waals surface area (Å²) in [7, 11) is 0. The third kappa shape index (κ3) is 31.5. The molecule has 0 aromatic heterocycles. The van der Waals surface area contributed by atoms with E-state index in [1.807, 2.05) is 27.7 Å². The van der Waals surface area contributed by atoms with Gasteiger partial charge in [-0.15, -0.1) is 0 Å². The van der Waals surface area contributed by atoms with Gasteiger partial charge in [-0.1, -0.05) is 82.6 Å². The van der Waals surface area contributed by atoms with Crippen molar-refractivity contribution in [2.24, 2.45) is 17.8 Å². The quantitative estimate of drug-likeness (QED) is 0.503. The van der Waals surface area contributed by atoms with Crippen LogP contribution in [0.15, 0.2) is 0 Å². The predicted molar refractivity (Wildman–Crippen MR) is 77.5 cm³/mol. The Labute approximate surface area is 101 Å². The Morgan fingerprint density at radius 3 is 0.733 bits per heavy atom. The largest absolute Gasteiger partial charge is 0.0683 e. The Balaban J connectivity index is -0.0000000726. The van der Waals surface area contributed by atoms with Gasteiger partial charge in [0.1, 0.15) is 0 Å². The SMILES string of the molecule is CC.CC.CC(C)C(C)C(C)C.CCC. The molecule has 15 heavy (non-hydrogen) atoms. The summed E-state index contributed by atoms with van der Waals surface area (Å²) in [5.74, 6) is 2.56. The number of rotatable bonds is 2. The third-order valence-electron chi connectivity index (χ3n) is 2.10. The van der Waals surface area contributed by atoms with E-state index in [2.05, 4.69) is 48.5 Å². The molecule has 0 radical (unpaired) electrons. The van der Waals surface area contributed by atoms with Gasteiger partial charge in [-0.05, 0) is 17.8 Å². The summed E-state index contributed by atoms with van der Waals surface area (Å²) >= 11 is 0. The van der Waals surface area contributed by atoms with E-state index >= 15 is 0 Å². The monoisotopic (exact) mass is 218 g/mol. The first kappa shape index (κ1) is 24.3. The van der Waals surface area contributed by atoms with Gasteiger partial charge in [0.05, 0.1) is 0 Å². The molecule has 0 bridgehead atoms. The fraction of sp³-hybridized carbons (Fsp3) is 1.00. The molecule has 0 aliphatic rings. The molecular weight excluding hydrogens is 180 g/mol. The van der Waals surface area contributed by atoms with E-state index in [9.17, 15) is 0 Å². The van der Waals surface area contributed by atoms with Crippen LogP contribution in [0.1, 0.15) is 82.6 Å². The smallest absolute Gasteiger partial charge is 0.0396 e. The lowest BCUT2D eigenvalue weighted by atomic mass is 9.88. The summed E-state index contributed by atoms with van der Waals surface area (Å²) in [5.41, 5.74) is 0. The molecule has 98 valence electrons. The van der Waals surface area contributed by atoms with Crippen LogP contribution in [0.2, 0.25) is 0 Å². The predicted octanol–water partition coefficient (Wildman–Crippen LogP) is 6.40. The Kier molecular flexibility index (Phi) is 38.3. The van der Waals surface area contributed by atoms with Gasteiger partial charge in [0.2, 0.25) is 0 Å². The maximum Gasteiger partial charge on any atom is -0.0396 e. The average molecular weight is 218 g/mol. The zero-order chi connectivity index (χ0) is 13.4. The molecule has 0 aromatic rings. The molecule has 0 saturated heterocycles. The molecule has 0 rings (SSSR count). The van der Waals surface area contributed by atoms with E-state index in [0.29, 0.717) is 0 Å². The van der Waals surface area contributed by atoms with Crippen LogP contribution in [0.4, 0.5) is 0 Å². The van der Waals surface area contributed by atoms with Crippen LogP contribution in [0.3, 0.4) is 0 Å². The topological polar surface area (TPSA) is 0 Å². The molecular formula is C15H38. The van der Waals surface area contributed by atoms with E-state index in [0.717, 1.165) is 17.8 Å². The molecule has 0 nitrogen and oxygen atoms in total. The lowest BCUT2D eigenvalue weighted by molar-refractivity contribution is 0.316. The average Bonchev–Trinajstić information content (AvgIpc) is 2.23. The zero-order valence-electron chi connectivity index (χ0n) is 13.4. The van der Waals surface area contributed by atoms with Gasteiger partial charge >= 0.3 is 0 Å². The first-order chi connectivity index (χ1) is 6.97. The first-order valence-electron chi connectivity index (χ1n) is 6.97. The van der Waals surface area contributed by atoms with Crippen molar-refractivity contribution in [2.45, 2.75) is 82.6 Å². The summed E-state index contributed by atoms with van der Waals surface area (Å²) in [6, 6.07) is 0. The highest BCUT2D eigenvalue weighted by Crippen LogP contribution is 2.18. The van der Waals surface area contributed by atoms with Crippen LogP contribution in [-0.4, -0.2) is 0 Å². The maximum absolute atomic E-state index is 2.31. The molecule has 0 spiro atoms. The molecule has 0 unspecified atom stereocenters. The highest BCUT2D eigenvalue weighted by molar-refractivity contribution is 4.59. The summed E-state index contributed by atoms with van der Waals surface area (Å²) in [5, 5.41) is 0. The number of hydrogen-bond acceptors (Lipinski definition) is 0. The number of hydrogen-bond donors (Lipinski definition) is 0. The van der Waals surface area contributed by atoms with Crippen LogP contribution in [0, 0.1) is 17.8 Å². The molecule has 0 fully saturated rings. The molecule has 0 aliphatic heterocycles. The van der Waals surface area contributed by atoms with Crippen molar-refractivity contribution in [1.29, 1.82) is 0 Å². The van der Waals surface area contributed by atoms with Crippen LogP contribution >= 0.6 is 0 Å². The minimum absolute atomic E-state index is 0.843. The summed E-state index contributed by atoms with van der Waals surface area (Å²) in [6.07, 6.45) is 1.25. The van der Waals surface area contributed by atoms with Crippen LogP contribution < -0.4 is 0 Å². The van der Waals surface area contributed by atoms with Crippen molar-refractivity contribution >= 4 is 0 Å². The summed E-state index contributed by atoms with van der Waals surface area (Å²) in [6.45, 7) is 23.7. The third-order valence-corrected chi connectivity index (χ3v) is 2.10. The minimum Gasteiger partial charge on any atom is -0.0683 e.